The number of ether oxygens (including phenoxy) is 2. The summed E-state index contributed by atoms with van der Waals surface area (Å²) in [6.45, 7) is 1.81. The molecule has 2 heterocycles. The average Bonchev–Trinajstić information content (AvgIpc) is 2.50. The third-order valence-corrected chi connectivity index (χ3v) is 2.72. The van der Waals surface area contributed by atoms with Gasteiger partial charge in [-0.3, -0.25) is 14.7 Å². The van der Waals surface area contributed by atoms with Gasteiger partial charge in [-0.25, -0.2) is 14.2 Å². The van der Waals surface area contributed by atoms with Crippen LogP contribution < -0.4 is 15.6 Å². The second-order valence-electron chi connectivity index (χ2n) is 4.12. The van der Waals surface area contributed by atoms with Gasteiger partial charge in [-0.2, -0.15) is 0 Å². The highest BCUT2D eigenvalue weighted by Gasteiger charge is 2.13. The minimum Gasteiger partial charge on any atom is -0.495 e. The zero-order valence-corrected chi connectivity index (χ0v) is 12.0. The first-order valence-corrected chi connectivity index (χ1v) is 6.42. The van der Waals surface area contributed by atoms with Crippen molar-refractivity contribution >= 4 is 11.8 Å². The molecule has 0 fully saturated rings. The summed E-state index contributed by atoms with van der Waals surface area (Å²) in [5, 5.41) is 2.29. The first kappa shape index (κ1) is 15.5. The lowest BCUT2D eigenvalue weighted by Crippen LogP contribution is -2.26. The molecule has 2 aromatic heterocycles. The summed E-state index contributed by atoms with van der Waals surface area (Å²) >= 11 is 0. The third kappa shape index (κ3) is 3.22. The Hall–Kier alpha value is -2.90. The highest BCUT2D eigenvalue weighted by molar-refractivity contribution is 5.84. The number of nitrogens with one attached hydrogen (secondary N) is 1. The summed E-state index contributed by atoms with van der Waals surface area (Å²) in [6.07, 6.45) is 1.87. The first-order chi connectivity index (χ1) is 10.6. The Bertz CT molecular complexity index is 745. The molecule has 0 unspecified atom stereocenters. The largest absolute Gasteiger partial charge is 0.495 e. The van der Waals surface area contributed by atoms with Crippen molar-refractivity contribution in [3.63, 3.8) is 0 Å². The summed E-state index contributed by atoms with van der Waals surface area (Å²) in [5.41, 5.74) is -0.676. The molecular formula is C14H14FN3O4. The maximum Gasteiger partial charge on any atom is 0.411 e. The number of methoxy groups -OCH3 is 1. The number of halogens is 1. The van der Waals surface area contributed by atoms with Crippen LogP contribution in [0.4, 0.5) is 14.9 Å². The van der Waals surface area contributed by atoms with Gasteiger partial charge in [0.2, 0.25) is 0 Å². The molecule has 0 radical (unpaired) electrons. The quantitative estimate of drug-likeness (QED) is 0.933. The molecule has 0 saturated heterocycles. The number of carbonyl (C=O) groups is 1. The molecule has 0 aliphatic heterocycles. The van der Waals surface area contributed by atoms with Gasteiger partial charge in [0.15, 0.2) is 11.6 Å². The minimum atomic E-state index is -0.763. The van der Waals surface area contributed by atoms with Crippen LogP contribution in [-0.4, -0.2) is 29.4 Å². The number of pyridine rings is 2. The van der Waals surface area contributed by atoms with E-state index in [0.717, 1.165) is 10.6 Å². The predicted molar refractivity (Wildman–Crippen MR) is 77.0 cm³/mol. The van der Waals surface area contributed by atoms with Crippen LogP contribution in [0, 0.1) is 5.82 Å². The van der Waals surface area contributed by atoms with Crippen LogP contribution in [0.1, 0.15) is 6.92 Å². The van der Waals surface area contributed by atoms with Crippen molar-refractivity contribution < 1.29 is 18.7 Å². The molecule has 7 nitrogen and oxygen atoms in total. The Labute approximate surface area is 125 Å². The monoisotopic (exact) mass is 307 g/mol. The van der Waals surface area contributed by atoms with Crippen molar-refractivity contribution in [2.45, 2.75) is 6.92 Å². The lowest BCUT2D eigenvalue weighted by atomic mass is 10.3. The molecule has 0 aromatic carbocycles. The fourth-order valence-electron chi connectivity index (χ4n) is 1.74. The molecule has 8 heteroatoms. The standard InChI is InChI=1S/C14H14FN3O4/c1-3-22-14(20)17-11-5-4-6-18(13(11)19)12-10(15)7-9(21-2)8-16-12/h4-8H,3H2,1-2H3,(H,17,20). The molecule has 0 spiro atoms. The SMILES string of the molecule is CCOC(=O)Nc1cccn(-c2ncc(OC)cc2F)c1=O. The normalized spacial score (nSPS) is 10.1. The molecule has 0 atom stereocenters. The highest BCUT2D eigenvalue weighted by Crippen LogP contribution is 2.16. The molecule has 0 bridgehead atoms. The van der Waals surface area contributed by atoms with Gasteiger partial charge in [0.25, 0.3) is 5.56 Å². The number of nitrogens with zero attached hydrogens (tertiary/aromatic N) is 2. The molecule has 0 saturated carbocycles. The number of anilines is 1. The number of rotatable bonds is 4. The Balaban J connectivity index is 2.41. The number of carbonyl (C=O) groups excluding carboxylic acids is 1. The van der Waals surface area contributed by atoms with E-state index in [1.807, 2.05) is 0 Å². The van der Waals surface area contributed by atoms with E-state index >= 15 is 0 Å². The zero-order chi connectivity index (χ0) is 16.1. The van der Waals surface area contributed by atoms with Gasteiger partial charge >= 0.3 is 6.09 Å². The fraction of sp³-hybridized carbons (Fsp3) is 0.214. The molecule has 1 N–H and O–H groups in total. The minimum absolute atomic E-state index is 0.0435. The molecule has 0 aliphatic rings. The van der Waals surface area contributed by atoms with Gasteiger partial charge < -0.3 is 9.47 Å². The van der Waals surface area contributed by atoms with E-state index in [2.05, 4.69) is 10.3 Å². The number of hydrogen-bond acceptors (Lipinski definition) is 5. The van der Waals surface area contributed by atoms with Gasteiger partial charge in [0.1, 0.15) is 11.4 Å². The van der Waals surface area contributed by atoms with Gasteiger partial charge in [-0.1, -0.05) is 0 Å². The van der Waals surface area contributed by atoms with E-state index in [9.17, 15) is 14.0 Å². The van der Waals surface area contributed by atoms with Gasteiger partial charge in [0, 0.05) is 12.3 Å². The Morgan fingerprint density at radius 3 is 2.91 bits per heavy atom. The predicted octanol–water partition coefficient (Wildman–Crippen LogP) is 1.95. The molecule has 22 heavy (non-hydrogen) atoms. The maximum absolute atomic E-state index is 14.0. The zero-order valence-electron chi connectivity index (χ0n) is 12.0. The highest BCUT2D eigenvalue weighted by atomic mass is 19.1. The van der Waals surface area contributed by atoms with Crippen LogP contribution in [0.25, 0.3) is 5.82 Å². The molecule has 1 amide bonds. The number of hydrogen-bond donors (Lipinski definition) is 1. The summed E-state index contributed by atoms with van der Waals surface area (Å²) in [6, 6.07) is 3.98. The van der Waals surface area contributed by atoms with Crippen molar-refractivity contribution in [1.29, 1.82) is 0 Å². The lowest BCUT2D eigenvalue weighted by molar-refractivity contribution is 0.168. The van der Waals surface area contributed by atoms with Crippen LogP contribution in [-0.2, 0) is 4.74 Å². The van der Waals surface area contributed by atoms with Gasteiger partial charge in [-0.05, 0) is 19.1 Å². The van der Waals surface area contributed by atoms with Crippen molar-refractivity contribution in [2.24, 2.45) is 0 Å². The van der Waals surface area contributed by atoms with Crippen LogP contribution in [0.2, 0.25) is 0 Å². The van der Waals surface area contributed by atoms with Crippen LogP contribution in [0.15, 0.2) is 35.4 Å². The fourth-order valence-corrected chi connectivity index (χ4v) is 1.74. The first-order valence-electron chi connectivity index (χ1n) is 6.42. The van der Waals surface area contributed by atoms with E-state index in [-0.39, 0.29) is 23.9 Å². The Morgan fingerprint density at radius 1 is 1.50 bits per heavy atom. The van der Waals surface area contributed by atoms with Gasteiger partial charge in [-0.15, -0.1) is 0 Å². The van der Waals surface area contributed by atoms with E-state index < -0.39 is 17.5 Å². The lowest BCUT2D eigenvalue weighted by Gasteiger charge is -2.10. The summed E-state index contributed by atoms with van der Waals surface area (Å²) in [5.74, 6) is -0.692. The van der Waals surface area contributed by atoms with Crippen molar-refractivity contribution in [1.82, 2.24) is 9.55 Å². The van der Waals surface area contributed by atoms with E-state index in [0.29, 0.717) is 0 Å². The second-order valence-corrected chi connectivity index (χ2v) is 4.12. The summed E-state index contributed by atoms with van der Waals surface area (Å²) in [7, 11) is 1.38. The average molecular weight is 307 g/mol. The molecule has 2 rings (SSSR count). The molecule has 116 valence electrons. The Morgan fingerprint density at radius 2 is 2.27 bits per heavy atom. The van der Waals surface area contributed by atoms with Crippen molar-refractivity contribution in [2.75, 3.05) is 19.0 Å². The second kappa shape index (κ2) is 6.70. The van der Waals surface area contributed by atoms with Crippen LogP contribution in [0.3, 0.4) is 0 Å². The topological polar surface area (TPSA) is 82.4 Å². The van der Waals surface area contributed by atoms with Gasteiger partial charge in [0.05, 0.1) is 19.9 Å². The van der Waals surface area contributed by atoms with Crippen LogP contribution in [0.5, 0.6) is 5.75 Å². The molecular weight excluding hydrogens is 293 g/mol. The maximum atomic E-state index is 14.0. The van der Waals surface area contributed by atoms with Crippen LogP contribution >= 0.6 is 0 Å². The van der Waals surface area contributed by atoms with E-state index in [1.54, 1.807) is 6.92 Å². The summed E-state index contributed by atoms with van der Waals surface area (Å²) < 4.78 is 24.5. The third-order valence-electron chi connectivity index (χ3n) is 2.72. The summed E-state index contributed by atoms with van der Waals surface area (Å²) in [4.78, 5) is 27.5. The van der Waals surface area contributed by atoms with Crippen molar-refractivity contribution in [3.05, 3.63) is 46.8 Å². The Kier molecular flexibility index (Phi) is 4.72. The van der Waals surface area contributed by atoms with E-state index in [1.165, 1.54) is 31.6 Å². The number of amides is 1. The molecule has 2 aromatic rings. The molecule has 0 aliphatic carbocycles. The van der Waals surface area contributed by atoms with Crippen molar-refractivity contribution in [3.8, 4) is 11.6 Å². The number of aromatic nitrogens is 2. The van der Waals surface area contributed by atoms with E-state index in [4.69, 9.17) is 9.47 Å². The smallest absolute Gasteiger partial charge is 0.411 e.